The van der Waals surface area contributed by atoms with Gasteiger partial charge < -0.3 is 17.0 Å². The van der Waals surface area contributed by atoms with Gasteiger partial charge in [0, 0.05) is 30.2 Å². The molecule has 0 fully saturated rings. The van der Waals surface area contributed by atoms with E-state index < -0.39 is 0 Å². The van der Waals surface area contributed by atoms with Crippen LogP contribution in [0.15, 0.2) is 24.3 Å². The normalized spacial score (nSPS) is 18.6. The lowest BCUT2D eigenvalue weighted by Gasteiger charge is -2.11. The molecule has 0 amide bonds. The van der Waals surface area contributed by atoms with Crippen LogP contribution < -0.4 is 17.0 Å². The van der Waals surface area contributed by atoms with E-state index in [4.69, 9.17) is 0 Å². The van der Waals surface area contributed by atoms with E-state index in [2.05, 4.69) is 28.8 Å². The van der Waals surface area contributed by atoms with Crippen molar-refractivity contribution in [3.05, 3.63) is 29.8 Å². The third kappa shape index (κ3) is 1.52. The maximum absolute atomic E-state index is 2.49. The van der Waals surface area contributed by atoms with E-state index in [0.29, 0.717) is 0 Å². The molecule has 0 aromatic heterocycles. The summed E-state index contributed by atoms with van der Waals surface area (Å²) in [6.07, 6.45) is 2.62. The van der Waals surface area contributed by atoms with Gasteiger partial charge in [0.1, 0.15) is 6.54 Å². The van der Waals surface area contributed by atoms with E-state index in [0.717, 1.165) is 0 Å². The first kappa shape index (κ1) is 10.2. The molecule has 0 atom stereocenters. The predicted octanol–water partition coefficient (Wildman–Crippen LogP) is -0.226. The van der Waals surface area contributed by atoms with Gasteiger partial charge in [0.15, 0.2) is 0 Å². The van der Waals surface area contributed by atoms with Gasteiger partial charge in [-0.3, -0.25) is 0 Å². The summed E-state index contributed by atoms with van der Waals surface area (Å²) in [6.45, 7) is 1.22. The highest BCUT2D eigenvalue weighted by Crippen LogP contribution is 2.34. The Kier molecular flexibility index (Phi) is 2.98. The first-order valence-electron chi connectivity index (χ1n) is 4.79. The zero-order valence-corrected chi connectivity index (χ0v) is 10.3. The Labute approximate surface area is 99.0 Å². The van der Waals surface area contributed by atoms with Gasteiger partial charge in [-0.25, -0.2) is 0 Å². The van der Waals surface area contributed by atoms with Crippen LogP contribution in [0.3, 0.4) is 0 Å². The highest BCUT2D eigenvalue weighted by Gasteiger charge is 2.30. The van der Waals surface area contributed by atoms with Crippen LogP contribution in [0.4, 0.5) is 5.69 Å². The lowest BCUT2D eigenvalue weighted by molar-refractivity contribution is -0.429. The third-order valence-corrected chi connectivity index (χ3v) is 3.96. The van der Waals surface area contributed by atoms with Crippen LogP contribution in [0, 0.1) is 0 Å². The monoisotopic (exact) mass is 269 g/mol. The van der Waals surface area contributed by atoms with E-state index in [9.17, 15) is 0 Å². The average Bonchev–Trinajstić information content (AvgIpc) is 2.65. The summed E-state index contributed by atoms with van der Waals surface area (Å²) in [5.74, 6) is 1.17. The van der Waals surface area contributed by atoms with E-state index in [1.807, 2.05) is 11.8 Å². The molecule has 0 unspecified atom stereocenters. The molecule has 1 nitrogen and oxygen atoms in total. The largest absolute Gasteiger partial charge is 1.00 e. The van der Waals surface area contributed by atoms with Crippen molar-refractivity contribution < 1.29 is 21.6 Å². The Hall–Kier alpha value is -0.280. The maximum Gasteiger partial charge on any atom is 0.216 e. The average molecular weight is 270 g/mol. The number of benzene rings is 1. The van der Waals surface area contributed by atoms with Gasteiger partial charge in [-0.15, -0.1) is 0 Å². The number of nitrogens with zero attached hydrogens (tertiary/aromatic N) is 1. The SMILES string of the molecule is [Br-].c1ccc2c(c1)CSC1=[N+]2CCC1. The van der Waals surface area contributed by atoms with Crippen molar-refractivity contribution in [1.29, 1.82) is 0 Å². The fourth-order valence-electron chi connectivity index (χ4n) is 2.11. The van der Waals surface area contributed by atoms with Crippen molar-refractivity contribution >= 4 is 22.5 Å². The van der Waals surface area contributed by atoms with Gasteiger partial charge in [0.25, 0.3) is 0 Å². The zero-order chi connectivity index (χ0) is 8.67. The second-order valence-electron chi connectivity index (χ2n) is 3.57. The molecular weight excluding hydrogens is 258 g/mol. The fourth-order valence-corrected chi connectivity index (χ4v) is 3.31. The number of hydrogen-bond donors (Lipinski definition) is 0. The minimum atomic E-state index is 0. The molecule has 3 rings (SSSR count). The summed E-state index contributed by atoms with van der Waals surface area (Å²) in [6, 6.07) is 8.78. The Balaban J connectivity index is 0.000000750. The lowest BCUT2D eigenvalue weighted by atomic mass is 10.2. The van der Waals surface area contributed by atoms with Gasteiger partial charge in [-0.1, -0.05) is 30.0 Å². The molecule has 0 saturated carbocycles. The smallest absolute Gasteiger partial charge is 0.216 e. The van der Waals surface area contributed by atoms with E-state index in [1.54, 1.807) is 5.04 Å². The Bertz CT molecular complexity index is 387. The van der Waals surface area contributed by atoms with E-state index >= 15 is 0 Å². The predicted molar refractivity (Wildman–Crippen MR) is 56.8 cm³/mol. The summed E-state index contributed by atoms with van der Waals surface area (Å²) < 4.78 is 2.49. The lowest BCUT2D eigenvalue weighted by Crippen LogP contribution is -3.00. The zero-order valence-electron chi connectivity index (χ0n) is 7.87. The quantitative estimate of drug-likeness (QED) is 0.589. The van der Waals surface area contributed by atoms with Crippen molar-refractivity contribution in [3.8, 4) is 0 Å². The molecule has 0 saturated heterocycles. The third-order valence-electron chi connectivity index (χ3n) is 2.75. The molecular formula is C11H12BrNS. The number of rotatable bonds is 0. The number of hydrogen-bond acceptors (Lipinski definition) is 1. The molecule has 3 heteroatoms. The van der Waals surface area contributed by atoms with Crippen molar-refractivity contribution in [2.24, 2.45) is 0 Å². The van der Waals surface area contributed by atoms with Crippen LogP contribution in [0.5, 0.6) is 0 Å². The number of fused-ring (bicyclic) bond motifs is 2. The highest BCUT2D eigenvalue weighted by molar-refractivity contribution is 8.13. The Morgan fingerprint density at radius 1 is 1.21 bits per heavy atom. The van der Waals surface area contributed by atoms with Crippen LogP contribution in [0.1, 0.15) is 18.4 Å². The molecule has 0 aliphatic carbocycles. The van der Waals surface area contributed by atoms with Gasteiger partial charge in [0.05, 0.1) is 0 Å². The van der Waals surface area contributed by atoms with Gasteiger partial charge in [-0.2, -0.15) is 4.58 Å². The highest BCUT2D eigenvalue weighted by atomic mass is 79.9. The number of halogens is 1. The first-order valence-corrected chi connectivity index (χ1v) is 5.78. The minimum absolute atomic E-state index is 0. The molecule has 0 N–H and O–H groups in total. The Morgan fingerprint density at radius 2 is 2.07 bits per heavy atom. The molecule has 0 bridgehead atoms. The van der Waals surface area contributed by atoms with Crippen LogP contribution >= 0.6 is 11.8 Å². The van der Waals surface area contributed by atoms with Crippen LogP contribution in [0.2, 0.25) is 0 Å². The maximum atomic E-state index is 2.49. The van der Waals surface area contributed by atoms with Crippen LogP contribution in [-0.2, 0) is 5.75 Å². The van der Waals surface area contributed by atoms with E-state index in [-0.39, 0.29) is 17.0 Å². The van der Waals surface area contributed by atoms with Crippen molar-refractivity contribution in [1.82, 2.24) is 0 Å². The second kappa shape index (κ2) is 4.07. The summed E-state index contributed by atoms with van der Waals surface area (Å²) in [4.78, 5) is 0. The molecule has 1 aromatic carbocycles. The summed E-state index contributed by atoms with van der Waals surface area (Å²) in [7, 11) is 0. The summed E-state index contributed by atoms with van der Waals surface area (Å²) >= 11 is 2.02. The topological polar surface area (TPSA) is 3.01 Å². The van der Waals surface area contributed by atoms with Crippen LogP contribution in [0.25, 0.3) is 0 Å². The molecule has 1 aromatic rings. The van der Waals surface area contributed by atoms with Gasteiger partial charge in [-0.05, 0) is 0 Å². The minimum Gasteiger partial charge on any atom is -1.00 e. The number of para-hydroxylation sites is 1. The molecule has 0 radical (unpaired) electrons. The second-order valence-corrected chi connectivity index (χ2v) is 4.61. The van der Waals surface area contributed by atoms with Crippen LogP contribution in [-0.4, -0.2) is 16.2 Å². The molecule has 0 spiro atoms. The van der Waals surface area contributed by atoms with Crippen molar-refractivity contribution in [2.45, 2.75) is 18.6 Å². The molecule has 74 valence electrons. The van der Waals surface area contributed by atoms with Crippen molar-refractivity contribution in [3.63, 3.8) is 0 Å². The fraction of sp³-hybridized carbons (Fsp3) is 0.364. The molecule has 14 heavy (non-hydrogen) atoms. The molecule has 2 aliphatic rings. The van der Waals surface area contributed by atoms with Gasteiger partial charge in [0.2, 0.25) is 10.7 Å². The molecule has 2 heterocycles. The number of thioether (sulfide) groups is 1. The summed E-state index contributed by atoms with van der Waals surface area (Å²) in [5.41, 5.74) is 2.95. The molecule has 2 aliphatic heterocycles. The van der Waals surface area contributed by atoms with Crippen molar-refractivity contribution in [2.75, 3.05) is 6.54 Å². The standard InChI is InChI=1S/C11H12NS.BrH/c1-2-5-10-9(4-1)8-13-11-6-3-7-12(10)11;/h1-2,4-5H,3,6-8H2;1H/q+1;/p-1. The summed E-state index contributed by atoms with van der Waals surface area (Å²) in [5, 5.41) is 1.58. The van der Waals surface area contributed by atoms with Gasteiger partial charge >= 0.3 is 0 Å². The first-order chi connectivity index (χ1) is 6.45. The van der Waals surface area contributed by atoms with E-state index in [1.165, 1.54) is 36.4 Å². The Morgan fingerprint density at radius 3 is 3.00 bits per heavy atom.